The number of rotatable bonds is 2. The van der Waals surface area contributed by atoms with E-state index in [-0.39, 0.29) is 5.91 Å². The topological polar surface area (TPSA) is 75.4 Å². The van der Waals surface area contributed by atoms with Gasteiger partial charge >= 0.3 is 0 Å². The number of hydrogen-bond acceptors (Lipinski definition) is 6. The summed E-state index contributed by atoms with van der Waals surface area (Å²) in [5.74, 6) is 0.965. The SMILES string of the molecule is Cc1nsc(N2CCN(C(=O)C3(N)CCCCC3)CC2)n1. The van der Waals surface area contributed by atoms with Crippen LogP contribution in [0.2, 0.25) is 0 Å². The first kappa shape index (κ1) is 14.7. The Bertz CT molecular complexity index is 503. The Labute approximate surface area is 129 Å². The second kappa shape index (κ2) is 5.88. The predicted molar refractivity (Wildman–Crippen MR) is 83.4 cm³/mol. The van der Waals surface area contributed by atoms with Crippen LogP contribution in [-0.4, -0.2) is 51.9 Å². The van der Waals surface area contributed by atoms with E-state index in [9.17, 15) is 4.79 Å². The van der Waals surface area contributed by atoms with E-state index in [1.54, 1.807) is 0 Å². The molecule has 0 atom stereocenters. The number of hydrogen-bond donors (Lipinski definition) is 1. The largest absolute Gasteiger partial charge is 0.343 e. The molecule has 2 N–H and O–H groups in total. The van der Waals surface area contributed by atoms with Crippen molar-refractivity contribution in [2.24, 2.45) is 5.73 Å². The van der Waals surface area contributed by atoms with E-state index in [2.05, 4.69) is 14.3 Å². The van der Waals surface area contributed by atoms with Gasteiger partial charge in [-0.1, -0.05) is 19.3 Å². The summed E-state index contributed by atoms with van der Waals surface area (Å²) in [4.78, 5) is 21.2. The van der Waals surface area contributed by atoms with Gasteiger partial charge in [-0.15, -0.1) is 0 Å². The first-order chi connectivity index (χ1) is 10.1. The second-order valence-corrected chi connectivity index (χ2v) is 6.85. The zero-order chi connectivity index (χ0) is 14.9. The predicted octanol–water partition coefficient (Wildman–Crippen LogP) is 1.16. The van der Waals surface area contributed by atoms with E-state index in [1.165, 1.54) is 18.0 Å². The van der Waals surface area contributed by atoms with E-state index in [1.807, 2.05) is 11.8 Å². The fourth-order valence-electron chi connectivity index (χ4n) is 3.23. The van der Waals surface area contributed by atoms with Gasteiger partial charge in [0.2, 0.25) is 11.0 Å². The lowest BCUT2D eigenvalue weighted by atomic mass is 9.81. The molecular weight excluding hydrogens is 286 g/mol. The summed E-state index contributed by atoms with van der Waals surface area (Å²) in [5.41, 5.74) is 5.75. The van der Waals surface area contributed by atoms with Gasteiger partial charge in [-0.05, 0) is 19.8 Å². The summed E-state index contributed by atoms with van der Waals surface area (Å²) in [6.45, 7) is 5.00. The van der Waals surface area contributed by atoms with Crippen LogP contribution >= 0.6 is 11.5 Å². The standard InChI is InChI=1S/C14H23N5OS/c1-11-16-13(21-17-11)19-9-7-18(8-10-19)12(20)14(15)5-3-2-4-6-14/h2-10,15H2,1H3. The molecule has 0 aromatic carbocycles. The first-order valence-electron chi connectivity index (χ1n) is 7.72. The third-order valence-corrected chi connectivity index (χ3v) is 5.39. The van der Waals surface area contributed by atoms with Crippen LogP contribution in [0, 0.1) is 6.92 Å². The number of aromatic nitrogens is 2. The fraction of sp³-hybridized carbons (Fsp3) is 0.786. The third-order valence-electron chi connectivity index (χ3n) is 4.53. The van der Waals surface area contributed by atoms with Gasteiger partial charge in [-0.2, -0.15) is 4.37 Å². The monoisotopic (exact) mass is 309 g/mol. The van der Waals surface area contributed by atoms with Gasteiger partial charge in [-0.3, -0.25) is 4.79 Å². The maximum atomic E-state index is 12.7. The maximum Gasteiger partial charge on any atom is 0.242 e. The Morgan fingerprint density at radius 2 is 1.86 bits per heavy atom. The van der Waals surface area contributed by atoms with Crippen molar-refractivity contribution in [1.82, 2.24) is 14.3 Å². The number of carbonyl (C=O) groups is 1. The molecule has 1 saturated heterocycles. The molecule has 116 valence electrons. The molecule has 21 heavy (non-hydrogen) atoms. The molecule has 0 radical (unpaired) electrons. The molecule has 1 aromatic heterocycles. The smallest absolute Gasteiger partial charge is 0.242 e. The minimum Gasteiger partial charge on any atom is -0.343 e. The number of nitrogens with two attached hydrogens (primary N) is 1. The van der Waals surface area contributed by atoms with Gasteiger partial charge in [0.1, 0.15) is 5.82 Å². The zero-order valence-electron chi connectivity index (χ0n) is 12.5. The van der Waals surface area contributed by atoms with Gasteiger partial charge in [0.15, 0.2) is 0 Å². The third kappa shape index (κ3) is 3.03. The number of carbonyl (C=O) groups excluding carboxylic acids is 1. The second-order valence-electron chi connectivity index (χ2n) is 6.12. The summed E-state index contributed by atoms with van der Waals surface area (Å²) in [5, 5.41) is 0.958. The molecule has 7 heteroatoms. The van der Waals surface area contributed by atoms with E-state index < -0.39 is 5.54 Å². The highest BCUT2D eigenvalue weighted by Gasteiger charge is 2.39. The minimum absolute atomic E-state index is 0.148. The molecule has 1 amide bonds. The van der Waals surface area contributed by atoms with Crippen molar-refractivity contribution in [3.63, 3.8) is 0 Å². The Hall–Kier alpha value is -1.21. The van der Waals surface area contributed by atoms with Gasteiger partial charge in [-0.25, -0.2) is 4.98 Å². The van der Waals surface area contributed by atoms with Gasteiger partial charge in [0.25, 0.3) is 0 Å². The van der Waals surface area contributed by atoms with Crippen molar-refractivity contribution in [3.05, 3.63) is 5.82 Å². The number of amides is 1. The average Bonchev–Trinajstić information content (AvgIpc) is 2.94. The summed E-state index contributed by atoms with van der Waals surface area (Å²) in [7, 11) is 0. The van der Waals surface area contributed by atoms with Crippen molar-refractivity contribution in [1.29, 1.82) is 0 Å². The quantitative estimate of drug-likeness (QED) is 0.887. The van der Waals surface area contributed by atoms with E-state index in [4.69, 9.17) is 5.73 Å². The van der Waals surface area contributed by atoms with E-state index >= 15 is 0 Å². The molecule has 0 spiro atoms. The molecule has 2 fully saturated rings. The lowest BCUT2D eigenvalue weighted by Crippen LogP contribution is -2.60. The zero-order valence-corrected chi connectivity index (χ0v) is 13.4. The van der Waals surface area contributed by atoms with Crippen LogP contribution in [0.15, 0.2) is 0 Å². The fourth-order valence-corrected chi connectivity index (χ4v) is 3.95. The summed E-state index contributed by atoms with van der Waals surface area (Å²) < 4.78 is 4.22. The summed E-state index contributed by atoms with van der Waals surface area (Å²) in [6.07, 6.45) is 5.03. The van der Waals surface area contributed by atoms with Crippen LogP contribution in [-0.2, 0) is 4.79 Å². The van der Waals surface area contributed by atoms with Crippen molar-refractivity contribution in [2.45, 2.75) is 44.6 Å². The van der Waals surface area contributed by atoms with Crippen molar-refractivity contribution >= 4 is 22.6 Å². The Kier molecular flexibility index (Phi) is 4.12. The Morgan fingerprint density at radius 1 is 1.19 bits per heavy atom. The van der Waals surface area contributed by atoms with Crippen LogP contribution in [0.25, 0.3) is 0 Å². The van der Waals surface area contributed by atoms with Crippen LogP contribution in [0.5, 0.6) is 0 Å². The molecule has 0 unspecified atom stereocenters. The normalized spacial score (nSPS) is 22.4. The highest BCUT2D eigenvalue weighted by Crippen LogP contribution is 2.28. The molecule has 1 aliphatic heterocycles. The minimum atomic E-state index is -0.611. The van der Waals surface area contributed by atoms with Crippen molar-refractivity contribution in [3.8, 4) is 0 Å². The molecule has 1 saturated carbocycles. The van der Waals surface area contributed by atoms with Crippen molar-refractivity contribution < 1.29 is 4.79 Å². The van der Waals surface area contributed by atoms with E-state index in [0.29, 0.717) is 0 Å². The van der Waals surface area contributed by atoms with Crippen LogP contribution < -0.4 is 10.6 Å². The molecule has 2 aliphatic rings. The first-order valence-corrected chi connectivity index (χ1v) is 8.49. The number of piperazine rings is 1. The average molecular weight is 309 g/mol. The molecule has 2 heterocycles. The summed E-state index contributed by atoms with van der Waals surface area (Å²) in [6, 6.07) is 0. The molecule has 6 nitrogen and oxygen atoms in total. The number of anilines is 1. The van der Waals surface area contributed by atoms with Crippen LogP contribution in [0.4, 0.5) is 5.13 Å². The lowest BCUT2D eigenvalue weighted by molar-refractivity contribution is -0.138. The molecular formula is C14H23N5OS. The Morgan fingerprint density at radius 3 is 2.43 bits per heavy atom. The maximum absolute atomic E-state index is 12.7. The molecule has 1 aliphatic carbocycles. The highest BCUT2D eigenvalue weighted by atomic mass is 32.1. The van der Waals surface area contributed by atoms with Crippen molar-refractivity contribution in [2.75, 3.05) is 31.1 Å². The van der Waals surface area contributed by atoms with Gasteiger partial charge in [0.05, 0.1) is 5.54 Å². The molecule has 3 rings (SSSR count). The number of aryl methyl sites for hydroxylation is 1. The highest BCUT2D eigenvalue weighted by molar-refractivity contribution is 7.09. The molecule has 0 bridgehead atoms. The van der Waals surface area contributed by atoms with E-state index in [0.717, 1.165) is 62.8 Å². The summed E-state index contributed by atoms with van der Waals surface area (Å²) >= 11 is 1.43. The lowest BCUT2D eigenvalue weighted by Gasteiger charge is -2.40. The van der Waals surface area contributed by atoms with Gasteiger partial charge in [0, 0.05) is 37.7 Å². The van der Waals surface area contributed by atoms with Crippen LogP contribution in [0.3, 0.4) is 0 Å². The van der Waals surface area contributed by atoms with Crippen LogP contribution in [0.1, 0.15) is 37.9 Å². The number of nitrogens with zero attached hydrogens (tertiary/aromatic N) is 4. The molecule has 1 aromatic rings. The van der Waals surface area contributed by atoms with Gasteiger partial charge < -0.3 is 15.5 Å². The Balaban J connectivity index is 1.59.